The molecule has 1 aliphatic carbocycles. The van der Waals surface area contributed by atoms with Gasteiger partial charge in [-0.2, -0.15) is 16.8 Å². The smallest absolute Gasteiger partial charge is 0.297 e. The molecular formula is C20H20O7S2. The fourth-order valence-corrected chi connectivity index (χ4v) is 5.18. The van der Waals surface area contributed by atoms with Crippen molar-refractivity contribution in [3.63, 3.8) is 0 Å². The van der Waals surface area contributed by atoms with Crippen molar-refractivity contribution in [1.29, 1.82) is 0 Å². The number of benzene rings is 2. The Morgan fingerprint density at radius 2 is 1.00 bits per heavy atom. The van der Waals surface area contributed by atoms with Crippen LogP contribution in [0.4, 0.5) is 0 Å². The molecule has 1 aliphatic heterocycles. The molecule has 0 aromatic heterocycles. The van der Waals surface area contributed by atoms with Gasteiger partial charge < -0.3 is 4.74 Å². The molecule has 0 N–H and O–H groups in total. The van der Waals surface area contributed by atoms with Crippen molar-refractivity contribution in [1.82, 2.24) is 0 Å². The molecule has 0 unspecified atom stereocenters. The Labute approximate surface area is 170 Å². The first-order valence-corrected chi connectivity index (χ1v) is 11.8. The second-order valence-electron chi connectivity index (χ2n) is 7.11. The standard InChI is InChI=1S/C20H20O7S2/c1-13-3-7-15(8-4-13)28(21,22)26-17-11-12-18(20-19(17)25-20)27-29(23,24)16-9-5-14(2)6-10-16/h3-12,17-20H,1-2H3/t17-,18+,19+,20-. The molecule has 1 fully saturated rings. The summed E-state index contributed by atoms with van der Waals surface area (Å²) in [6, 6.07) is 12.6. The van der Waals surface area contributed by atoms with E-state index in [1.807, 2.05) is 13.8 Å². The van der Waals surface area contributed by atoms with E-state index >= 15 is 0 Å². The molecule has 2 aromatic rings. The fraction of sp³-hybridized carbons (Fsp3) is 0.300. The Morgan fingerprint density at radius 3 is 1.34 bits per heavy atom. The Balaban J connectivity index is 1.46. The molecule has 0 saturated carbocycles. The molecule has 0 bridgehead atoms. The third kappa shape index (κ3) is 4.29. The topological polar surface area (TPSA) is 99.3 Å². The van der Waals surface area contributed by atoms with Crippen LogP contribution in [0.2, 0.25) is 0 Å². The maximum Gasteiger partial charge on any atom is 0.297 e. The summed E-state index contributed by atoms with van der Waals surface area (Å²) in [6.07, 6.45) is 0.0862. The van der Waals surface area contributed by atoms with Crippen molar-refractivity contribution in [3.8, 4) is 0 Å². The summed E-state index contributed by atoms with van der Waals surface area (Å²) in [5.41, 5.74) is 1.86. The summed E-state index contributed by atoms with van der Waals surface area (Å²) in [6.45, 7) is 3.71. The van der Waals surface area contributed by atoms with Crippen molar-refractivity contribution in [2.45, 2.75) is 48.1 Å². The fourth-order valence-electron chi connectivity index (χ4n) is 3.09. The summed E-state index contributed by atoms with van der Waals surface area (Å²) in [5, 5.41) is 0. The number of hydrogen-bond acceptors (Lipinski definition) is 7. The van der Waals surface area contributed by atoms with Crippen LogP contribution in [0, 0.1) is 13.8 Å². The van der Waals surface area contributed by atoms with Gasteiger partial charge in [0.15, 0.2) is 0 Å². The van der Waals surface area contributed by atoms with E-state index in [2.05, 4.69) is 0 Å². The van der Waals surface area contributed by atoms with Gasteiger partial charge in [0.1, 0.15) is 24.4 Å². The lowest BCUT2D eigenvalue weighted by molar-refractivity contribution is 0.206. The van der Waals surface area contributed by atoms with Crippen LogP contribution in [0.25, 0.3) is 0 Å². The molecule has 0 amide bonds. The van der Waals surface area contributed by atoms with Crippen LogP contribution < -0.4 is 0 Å². The molecule has 154 valence electrons. The molecule has 0 radical (unpaired) electrons. The molecule has 2 aromatic carbocycles. The highest BCUT2D eigenvalue weighted by atomic mass is 32.2. The molecule has 1 heterocycles. The zero-order valence-electron chi connectivity index (χ0n) is 15.8. The Bertz CT molecular complexity index is 1040. The van der Waals surface area contributed by atoms with Crippen molar-refractivity contribution in [2.75, 3.05) is 0 Å². The van der Waals surface area contributed by atoms with Crippen LogP contribution in [-0.4, -0.2) is 41.3 Å². The molecule has 1 saturated heterocycles. The molecular weight excluding hydrogens is 416 g/mol. The van der Waals surface area contributed by atoms with Crippen molar-refractivity contribution >= 4 is 20.2 Å². The number of fused-ring (bicyclic) bond motifs is 1. The quantitative estimate of drug-likeness (QED) is 0.390. The molecule has 9 heteroatoms. The first-order chi connectivity index (χ1) is 13.7. The number of ether oxygens (including phenoxy) is 1. The van der Waals surface area contributed by atoms with Gasteiger partial charge in [0, 0.05) is 0 Å². The van der Waals surface area contributed by atoms with E-state index in [-0.39, 0.29) is 9.79 Å². The summed E-state index contributed by atoms with van der Waals surface area (Å²) in [4.78, 5) is 0.100. The van der Waals surface area contributed by atoms with E-state index in [9.17, 15) is 16.8 Å². The number of hydrogen-bond donors (Lipinski definition) is 0. The molecule has 2 aliphatic rings. The Hall–Kier alpha value is -2.04. The van der Waals surface area contributed by atoms with Crippen LogP contribution in [0.3, 0.4) is 0 Å². The predicted octanol–water partition coefficient (Wildman–Crippen LogP) is 2.49. The van der Waals surface area contributed by atoms with E-state index in [4.69, 9.17) is 13.1 Å². The van der Waals surface area contributed by atoms with Crippen molar-refractivity contribution in [3.05, 3.63) is 71.8 Å². The highest BCUT2D eigenvalue weighted by Crippen LogP contribution is 2.38. The third-order valence-corrected chi connectivity index (χ3v) is 7.44. The molecule has 0 spiro atoms. The minimum Gasteiger partial charge on any atom is -0.363 e. The molecule has 4 rings (SSSR count). The van der Waals surface area contributed by atoms with Crippen LogP contribution in [0.15, 0.2) is 70.5 Å². The van der Waals surface area contributed by atoms with Gasteiger partial charge in [-0.15, -0.1) is 0 Å². The largest absolute Gasteiger partial charge is 0.363 e. The first kappa shape index (κ1) is 20.2. The van der Waals surface area contributed by atoms with E-state index in [0.29, 0.717) is 0 Å². The second kappa shape index (κ2) is 7.33. The van der Waals surface area contributed by atoms with Gasteiger partial charge in [-0.25, -0.2) is 0 Å². The average Bonchev–Trinajstić information content (AvgIpc) is 3.46. The van der Waals surface area contributed by atoms with Gasteiger partial charge in [-0.05, 0) is 38.1 Å². The SMILES string of the molecule is Cc1ccc(S(=O)(=O)O[C@H]2C=C[C@@H](OS(=O)(=O)c3ccc(C)cc3)[C@@H]3O[C@@H]32)cc1. The van der Waals surface area contributed by atoms with Crippen molar-refractivity contribution < 1.29 is 29.9 Å². The molecule has 4 atom stereocenters. The van der Waals surface area contributed by atoms with Gasteiger partial charge in [-0.1, -0.05) is 47.5 Å². The minimum atomic E-state index is -3.97. The number of epoxide rings is 1. The average molecular weight is 437 g/mol. The van der Waals surface area contributed by atoms with Crippen LogP contribution in [-0.2, 0) is 33.3 Å². The number of rotatable bonds is 6. The highest BCUT2D eigenvalue weighted by molar-refractivity contribution is 7.87. The minimum absolute atomic E-state index is 0.0500. The van der Waals surface area contributed by atoms with E-state index < -0.39 is 44.7 Å². The highest BCUT2D eigenvalue weighted by Gasteiger charge is 2.54. The predicted molar refractivity (Wildman–Crippen MR) is 104 cm³/mol. The summed E-state index contributed by atoms with van der Waals surface area (Å²) >= 11 is 0. The maximum atomic E-state index is 12.5. The summed E-state index contributed by atoms with van der Waals surface area (Å²) in [5.74, 6) is 0. The summed E-state index contributed by atoms with van der Waals surface area (Å²) < 4.78 is 65.9. The van der Waals surface area contributed by atoms with Gasteiger partial charge in [0.2, 0.25) is 0 Å². The van der Waals surface area contributed by atoms with Crippen LogP contribution in [0.5, 0.6) is 0 Å². The number of aryl methyl sites for hydroxylation is 2. The van der Waals surface area contributed by atoms with Crippen molar-refractivity contribution in [2.24, 2.45) is 0 Å². The van der Waals surface area contributed by atoms with E-state index in [0.717, 1.165) is 11.1 Å². The van der Waals surface area contributed by atoms with Crippen LogP contribution >= 0.6 is 0 Å². The zero-order chi connectivity index (χ0) is 20.8. The first-order valence-electron chi connectivity index (χ1n) is 8.99. The van der Waals surface area contributed by atoms with E-state index in [1.54, 1.807) is 24.3 Å². The molecule has 29 heavy (non-hydrogen) atoms. The lowest BCUT2D eigenvalue weighted by Gasteiger charge is -2.19. The summed E-state index contributed by atoms with van der Waals surface area (Å²) in [7, 11) is -7.95. The van der Waals surface area contributed by atoms with Gasteiger partial charge in [0.05, 0.1) is 9.79 Å². The maximum absolute atomic E-state index is 12.5. The zero-order valence-corrected chi connectivity index (χ0v) is 17.4. The third-order valence-electron chi connectivity index (χ3n) is 4.79. The van der Waals surface area contributed by atoms with Gasteiger partial charge in [0.25, 0.3) is 20.2 Å². The second-order valence-corrected chi connectivity index (χ2v) is 10.3. The Kier molecular flexibility index (Phi) is 5.12. The van der Waals surface area contributed by atoms with E-state index in [1.165, 1.54) is 36.4 Å². The van der Waals surface area contributed by atoms with Gasteiger partial charge in [-0.3, -0.25) is 8.37 Å². The molecule has 7 nitrogen and oxygen atoms in total. The van der Waals surface area contributed by atoms with Gasteiger partial charge >= 0.3 is 0 Å². The Morgan fingerprint density at radius 1 is 0.655 bits per heavy atom. The lowest BCUT2D eigenvalue weighted by Crippen LogP contribution is -2.33. The normalized spacial score (nSPS) is 26.1. The van der Waals surface area contributed by atoms with Crippen LogP contribution in [0.1, 0.15) is 11.1 Å². The monoisotopic (exact) mass is 436 g/mol. The lowest BCUT2D eigenvalue weighted by atomic mass is 10.0.